The van der Waals surface area contributed by atoms with E-state index in [1.54, 1.807) is 0 Å². The molecule has 0 saturated carbocycles. The standard InChI is InChI=1S/C20H22ClN3OS/c21-17-8-4-15(5-9-17)14-22-20(26)23-18-10-6-16(7-11-18)19(25)24-12-2-1-3-13-24/h4-11H,1-3,12-14H2,(H2,22,23,26). The summed E-state index contributed by atoms with van der Waals surface area (Å²) in [7, 11) is 0. The molecule has 1 amide bonds. The average Bonchev–Trinajstić information content (AvgIpc) is 2.68. The number of halogens is 1. The average molecular weight is 388 g/mol. The van der Waals surface area contributed by atoms with Gasteiger partial charge in [0.25, 0.3) is 5.91 Å². The van der Waals surface area contributed by atoms with Crippen LogP contribution in [0.1, 0.15) is 35.2 Å². The molecular formula is C20H22ClN3OS. The van der Waals surface area contributed by atoms with Crippen LogP contribution in [0, 0.1) is 0 Å². The predicted molar refractivity (Wildman–Crippen MR) is 111 cm³/mol. The van der Waals surface area contributed by atoms with Gasteiger partial charge in [-0.15, -0.1) is 0 Å². The van der Waals surface area contributed by atoms with Crippen LogP contribution >= 0.6 is 23.8 Å². The number of piperidine rings is 1. The molecule has 1 aliphatic rings. The lowest BCUT2D eigenvalue weighted by Crippen LogP contribution is -2.35. The molecule has 0 aromatic heterocycles. The molecule has 0 atom stereocenters. The highest BCUT2D eigenvalue weighted by molar-refractivity contribution is 7.80. The zero-order chi connectivity index (χ0) is 18.4. The van der Waals surface area contributed by atoms with Gasteiger partial charge in [-0.05, 0) is 73.4 Å². The van der Waals surface area contributed by atoms with Crippen LogP contribution in [0.3, 0.4) is 0 Å². The van der Waals surface area contributed by atoms with Crippen LogP contribution in [0.5, 0.6) is 0 Å². The topological polar surface area (TPSA) is 44.4 Å². The van der Waals surface area contributed by atoms with E-state index in [1.165, 1.54) is 6.42 Å². The number of hydrogen-bond acceptors (Lipinski definition) is 2. The van der Waals surface area contributed by atoms with E-state index in [-0.39, 0.29) is 5.91 Å². The first-order chi connectivity index (χ1) is 12.6. The summed E-state index contributed by atoms with van der Waals surface area (Å²) >= 11 is 11.2. The Kier molecular flexibility index (Phi) is 6.47. The van der Waals surface area contributed by atoms with Gasteiger partial charge in [-0.1, -0.05) is 23.7 Å². The molecule has 0 aliphatic carbocycles. The highest BCUT2D eigenvalue weighted by Crippen LogP contribution is 2.15. The number of hydrogen-bond donors (Lipinski definition) is 2. The van der Waals surface area contributed by atoms with Crippen molar-refractivity contribution in [2.45, 2.75) is 25.8 Å². The second-order valence-corrected chi connectivity index (χ2v) is 7.21. The van der Waals surface area contributed by atoms with Crippen molar-refractivity contribution < 1.29 is 4.79 Å². The largest absolute Gasteiger partial charge is 0.358 e. The summed E-state index contributed by atoms with van der Waals surface area (Å²) in [5, 5.41) is 7.55. The van der Waals surface area contributed by atoms with Crippen molar-refractivity contribution in [3.8, 4) is 0 Å². The molecule has 0 spiro atoms. The van der Waals surface area contributed by atoms with E-state index in [0.717, 1.165) is 42.7 Å². The molecule has 1 heterocycles. The SMILES string of the molecule is O=C(c1ccc(NC(=S)NCc2ccc(Cl)cc2)cc1)N1CCCCC1. The van der Waals surface area contributed by atoms with Gasteiger partial charge in [0.1, 0.15) is 0 Å². The molecule has 2 aromatic rings. The van der Waals surface area contributed by atoms with Gasteiger partial charge in [-0.3, -0.25) is 4.79 Å². The van der Waals surface area contributed by atoms with E-state index in [0.29, 0.717) is 16.7 Å². The lowest BCUT2D eigenvalue weighted by molar-refractivity contribution is 0.0724. The first-order valence-corrected chi connectivity index (χ1v) is 9.59. The van der Waals surface area contributed by atoms with E-state index < -0.39 is 0 Å². The Morgan fingerprint density at radius 2 is 1.65 bits per heavy atom. The third-order valence-corrected chi connectivity index (χ3v) is 4.90. The monoisotopic (exact) mass is 387 g/mol. The second kappa shape index (κ2) is 9.01. The number of benzene rings is 2. The highest BCUT2D eigenvalue weighted by atomic mass is 35.5. The molecule has 1 saturated heterocycles. The molecule has 26 heavy (non-hydrogen) atoms. The van der Waals surface area contributed by atoms with Gasteiger partial charge in [0.05, 0.1) is 0 Å². The maximum Gasteiger partial charge on any atom is 0.253 e. The summed E-state index contributed by atoms with van der Waals surface area (Å²) in [6, 6.07) is 15.1. The van der Waals surface area contributed by atoms with Crippen LogP contribution in [0.25, 0.3) is 0 Å². The third kappa shape index (κ3) is 5.19. The van der Waals surface area contributed by atoms with Crippen molar-refractivity contribution in [1.82, 2.24) is 10.2 Å². The summed E-state index contributed by atoms with van der Waals surface area (Å²) in [6.45, 7) is 2.34. The number of carbonyl (C=O) groups excluding carboxylic acids is 1. The van der Waals surface area contributed by atoms with Gasteiger partial charge in [0.15, 0.2) is 5.11 Å². The molecule has 1 fully saturated rings. The summed E-state index contributed by atoms with van der Waals surface area (Å²) in [6.07, 6.45) is 3.41. The molecule has 2 aromatic carbocycles. The number of carbonyl (C=O) groups is 1. The minimum absolute atomic E-state index is 0.111. The van der Waals surface area contributed by atoms with Gasteiger partial charge in [0, 0.05) is 35.9 Å². The van der Waals surface area contributed by atoms with Crippen molar-refractivity contribution >= 4 is 40.5 Å². The van der Waals surface area contributed by atoms with E-state index in [4.69, 9.17) is 23.8 Å². The number of likely N-dealkylation sites (tertiary alicyclic amines) is 1. The van der Waals surface area contributed by atoms with Crippen LogP contribution in [-0.2, 0) is 6.54 Å². The van der Waals surface area contributed by atoms with Crippen LogP contribution < -0.4 is 10.6 Å². The molecule has 0 unspecified atom stereocenters. The van der Waals surface area contributed by atoms with E-state index in [2.05, 4.69) is 10.6 Å². The van der Waals surface area contributed by atoms with Gasteiger partial charge in [-0.25, -0.2) is 0 Å². The quantitative estimate of drug-likeness (QED) is 0.760. The minimum Gasteiger partial charge on any atom is -0.358 e. The fourth-order valence-electron chi connectivity index (χ4n) is 2.94. The number of thiocarbonyl (C=S) groups is 1. The van der Waals surface area contributed by atoms with Crippen LogP contribution in [0.4, 0.5) is 5.69 Å². The van der Waals surface area contributed by atoms with Crippen molar-refractivity contribution in [2.24, 2.45) is 0 Å². The zero-order valence-electron chi connectivity index (χ0n) is 14.5. The number of nitrogens with zero attached hydrogens (tertiary/aromatic N) is 1. The Hall–Kier alpha value is -2.11. The predicted octanol–water partition coefficient (Wildman–Crippen LogP) is 4.45. The van der Waals surface area contributed by atoms with Gasteiger partial charge >= 0.3 is 0 Å². The zero-order valence-corrected chi connectivity index (χ0v) is 16.1. The molecule has 6 heteroatoms. The van der Waals surface area contributed by atoms with Gasteiger partial charge in [0.2, 0.25) is 0 Å². The maximum absolute atomic E-state index is 12.5. The molecule has 4 nitrogen and oxygen atoms in total. The first kappa shape index (κ1) is 18.7. The Bertz CT molecular complexity index is 756. The van der Waals surface area contributed by atoms with E-state index in [9.17, 15) is 4.79 Å². The second-order valence-electron chi connectivity index (χ2n) is 6.36. The van der Waals surface area contributed by atoms with E-state index in [1.807, 2.05) is 53.4 Å². The first-order valence-electron chi connectivity index (χ1n) is 8.80. The molecule has 0 radical (unpaired) electrons. The van der Waals surface area contributed by atoms with Crippen molar-refractivity contribution in [1.29, 1.82) is 0 Å². The maximum atomic E-state index is 12.5. The normalized spacial score (nSPS) is 14.0. The third-order valence-electron chi connectivity index (χ3n) is 4.40. The highest BCUT2D eigenvalue weighted by Gasteiger charge is 2.17. The number of anilines is 1. The number of amides is 1. The summed E-state index contributed by atoms with van der Waals surface area (Å²) in [5.74, 6) is 0.111. The number of rotatable bonds is 4. The Labute approximate surface area is 164 Å². The van der Waals surface area contributed by atoms with E-state index >= 15 is 0 Å². The number of nitrogens with one attached hydrogen (secondary N) is 2. The summed E-state index contributed by atoms with van der Waals surface area (Å²) in [4.78, 5) is 14.4. The lowest BCUT2D eigenvalue weighted by Gasteiger charge is -2.26. The fraction of sp³-hybridized carbons (Fsp3) is 0.300. The van der Waals surface area contributed by atoms with Gasteiger partial charge < -0.3 is 15.5 Å². The van der Waals surface area contributed by atoms with Crippen LogP contribution in [-0.4, -0.2) is 29.0 Å². The van der Waals surface area contributed by atoms with Crippen LogP contribution in [0.15, 0.2) is 48.5 Å². The van der Waals surface area contributed by atoms with Crippen molar-refractivity contribution in [3.63, 3.8) is 0 Å². The molecule has 1 aliphatic heterocycles. The van der Waals surface area contributed by atoms with Crippen molar-refractivity contribution in [3.05, 3.63) is 64.7 Å². The molecular weight excluding hydrogens is 366 g/mol. The Morgan fingerprint density at radius 1 is 1.00 bits per heavy atom. The smallest absolute Gasteiger partial charge is 0.253 e. The molecule has 2 N–H and O–H groups in total. The molecule has 0 bridgehead atoms. The summed E-state index contributed by atoms with van der Waals surface area (Å²) < 4.78 is 0. The molecule has 3 rings (SSSR count). The van der Waals surface area contributed by atoms with Crippen LogP contribution in [0.2, 0.25) is 5.02 Å². The Morgan fingerprint density at radius 3 is 2.31 bits per heavy atom. The van der Waals surface area contributed by atoms with Crippen molar-refractivity contribution in [2.75, 3.05) is 18.4 Å². The lowest BCUT2D eigenvalue weighted by atomic mass is 10.1. The summed E-state index contributed by atoms with van der Waals surface area (Å²) in [5.41, 5.74) is 2.67. The minimum atomic E-state index is 0.111. The Balaban J connectivity index is 1.50. The molecule has 136 valence electrons. The fourth-order valence-corrected chi connectivity index (χ4v) is 3.25. The van der Waals surface area contributed by atoms with Gasteiger partial charge in [-0.2, -0.15) is 0 Å².